The van der Waals surface area contributed by atoms with Crippen LogP contribution in [-0.2, 0) is 11.8 Å². The monoisotopic (exact) mass is 181 g/mol. The lowest BCUT2D eigenvalue weighted by atomic mass is 10.1. The molecule has 0 amide bonds. The molecule has 1 fully saturated rings. The van der Waals surface area contributed by atoms with Gasteiger partial charge in [-0.15, -0.1) is 0 Å². The Morgan fingerprint density at radius 2 is 2.62 bits per heavy atom. The average molecular weight is 181 g/mol. The van der Waals surface area contributed by atoms with Crippen LogP contribution in [0.2, 0.25) is 0 Å². The molecule has 2 unspecified atom stereocenters. The second-order valence-electron chi connectivity index (χ2n) is 3.46. The zero-order valence-electron chi connectivity index (χ0n) is 7.81. The molecule has 0 radical (unpaired) electrons. The fourth-order valence-corrected chi connectivity index (χ4v) is 1.79. The predicted molar refractivity (Wildman–Crippen MR) is 49.1 cm³/mol. The third-order valence-corrected chi connectivity index (χ3v) is 2.57. The summed E-state index contributed by atoms with van der Waals surface area (Å²) >= 11 is 0. The number of aromatic nitrogens is 2. The number of rotatable bonds is 2. The summed E-state index contributed by atoms with van der Waals surface area (Å²) in [6, 6.07) is 1.92. The third-order valence-electron chi connectivity index (χ3n) is 2.57. The van der Waals surface area contributed by atoms with Crippen molar-refractivity contribution in [1.29, 1.82) is 0 Å². The van der Waals surface area contributed by atoms with Gasteiger partial charge in [-0.05, 0) is 18.9 Å². The van der Waals surface area contributed by atoms with Crippen LogP contribution in [-0.4, -0.2) is 22.5 Å². The molecule has 1 aliphatic heterocycles. The van der Waals surface area contributed by atoms with Crippen molar-refractivity contribution < 1.29 is 4.74 Å². The Morgan fingerprint density at radius 1 is 1.77 bits per heavy atom. The van der Waals surface area contributed by atoms with E-state index in [1.165, 1.54) is 0 Å². The van der Waals surface area contributed by atoms with E-state index in [4.69, 9.17) is 10.5 Å². The second kappa shape index (κ2) is 3.47. The highest BCUT2D eigenvalue weighted by atomic mass is 16.5. The molecule has 0 spiro atoms. The van der Waals surface area contributed by atoms with E-state index < -0.39 is 0 Å². The summed E-state index contributed by atoms with van der Waals surface area (Å²) in [5.74, 6) is 0. The van der Waals surface area contributed by atoms with Crippen LogP contribution in [0.15, 0.2) is 12.3 Å². The van der Waals surface area contributed by atoms with Gasteiger partial charge in [-0.1, -0.05) is 0 Å². The van der Waals surface area contributed by atoms with Gasteiger partial charge in [0, 0.05) is 19.9 Å². The van der Waals surface area contributed by atoms with Crippen molar-refractivity contribution in [2.24, 2.45) is 12.8 Å². The van der Waals surface area contributed by atoms with Crippen molar-refractivity contribution in [3.8, 4) is 0 Å². The topological polar surface area (TPSA) is 53.1 Å². The summed E-state index contributed by atoms with van der Waals surface area (Å²) in [5, 5.41) is 4.09. The largest absolute Gasteiger partial charge is 0.376 e. The lowest BCUT2D eigenvalue weighted by molar-refractivity contribution is 0.0878. The van der Waals surface area contributed by atoms with E-state index in [1.54, 1.807) is 6.20 Å². The van der Waals surface area contributed by atoms with Gasteiger partial charge in [-0.3, -0.25) is 4.68 Å². The van der Waals surface area contributed by atoms with Crippen LogP contribution in [0.1, 0.15) is 24.6 Å². The zero-order valence-corrected chi connectivity index (χ0v) is 7.81. The van der Waals surface area contributed by atoms with Gasteiger partial charge in [0.25, 0.3) is 0 Å². The SMILES string of the molecule is Cn1nccc1C(N)C1CCCO1. The first-order chi connectivity index (χ1) is 6.29. The highest BCUT2D eigenvalue weighted by molar-refractivity contribution is 5.08. The molecule has 13 heavy (non-hydrogen) atoms. The second-order valence-corrected chi connectivity index (χ2v) is 3.46. The van der Waals surface area contributed by atoms with Crippen LogP contribution in [0.3, 0.4) is 0 Å². The zero-order chi connectivity index (χ0) is 9.26. The standard InChI is InChI=1S/C9H15N3O/c1-12-7(4-5-11-12)9(10)8-3-2-6-13-8/h4-5,8-9H,2-3,6,10H2,1H3. The lowest BCUT2D eigenvalue weighted by Gasteiger charge is -2.18. The molecule has 2 N–H and O–H groups in total. The van der Waals surface area contributed by atoms with Gasteiger partial charge in [0.2, 0.25) is 0 Å². The van der Waals surface area contributed by atoms with Crippen molar-refractivity contribution in [3.05, 3.63) is 18.0 Å². The van der Waals surface area contributed by atoms with E-state index >= 15 is 0 Å². The number of hydrogen-bond donors (Lipinski definition) is 1. The Kier molecular flexibility index (Phi) is 2.33. The third kappa shape index (κ3) is 1.59. The van der Waals surface area contributed by atoms with Crippen LogP contribution in [0.25, 0.3) is 0 Å². The first-order valence-corrected chi connectivity index (χ1v) is 4.64. The maximum absolute atomic E-state index is 6.06. The molecule has 2 rings (SSSR count). The fraction of sp³-hybridized carbons (Fsp3) is 0.667. The molecule has 4 nitrogen and oxygen atoms in total. The maximum atomic E-state index is 6.06. The molecule has 1 aliphatic rings. The molecular weight excluding hydrogens is 166 g/mol. The molecule has 1 saturated heterocycles. The Morgan fingerprint density at radius 3 is 3.15 bits per heavy atom. The van der Waals surface area contributed by atoms with Crippen molar-refractivity contribution in [2.45, 2.75) is 25.0 Å². The minimum absolute atomic E-state index is 0.0324. The van der Waals surface area contributed by atoms with Crippen molar-refractivity contribution >= 4 is 0 Å². The van der Waals surface area contributed by atoms with Gasteiger partial charge in [0.05, 0.1) is 17.8 Å². The Bertz CT molecular complexity index is 278. The summed E-state index contributed by atoms with van der Waals surface area (Å²) in [7, 11) is 1.91. The van der Waals surface area contributed by atoms with Gasteiger partial charge < -0.3 is 10.5 Å². The molecule has 72 valence electrons. The van der Waals surface area contributed by atoms with Crippen LogP contribution in [0.5, 0.6) is 0 Å². The molecule has 0 saturated carbocycles. The summed E-state index contributed by atoms with van der Waals surface area (Å²) in [5.41, 5.74) is 7.11. The van der Waals surface area contributed by atoms with Crippen molar-refractivity contribution in [1.82, 2.24) is 9.78 Å². The Hall–Kier alpha value is -0.870. The van der Waals surface area contributed by atoms with E-state index in [-0.39, 0.29) is 12.1 Å². The van der Waals surface area contributed by atoms with E-state index in [9.17, 15) is 0 Å². The fourth-order valence-electron chi connectivity index (χ4n) is 1.79. The summed E-state index contributed by atoms with van der Waals surface area (Å²) in [6.07, 6.45) is 4.13. The Labute approximate surface area is 77.7 Å². The first kappa shape index (κ1) is 8.72. The smallest absolute Gasteiger partial charge is 0.0783 e. The van der Waals surface area contributed by atoms with Crippen molar-refractivity contribution in [2.75, 3.05) is 6.61 Å². The van der Waals surface area contributed by atoms with E-state index in [2.05, 4.69) is 5.10 Å². The number of ether oxygens (including phenoxy) is 1. The molecule has 0 bridgehead atoms. The minimum Gasteiger partial charge on any atom is -0.376 e. The average Bonchev–Trinajstić information content (AvgIpc) is 2.72. The highest BCUT2D eigenvalue weighted by Crippen LogP contribution is 2.23. The van der Waals surface area contributed by atoms with Crippen LogP contribution in [0, 0.1) is 0 Å². The lowest BCUT2D eigenvalue weighted by Crippen LogP contribution is -2.27. The summed E-state index contributed by atoms with van der Waals surface area (Å²) < 4.78 is 7.34. The Balaban J connectivity index is 2.12. The van der Waals surface area contributed by atoms with Gasteiger partial charge in [-0.25, -0.2) is 0 Å². The van der Waals surface area contributed by atoms with Crippen LogP contribution in [0.4, 0.5) is 0 Å². The summed E-state index contributed by atoms with van der Waals surface area (Å²) in [4.78, 5) is 0. The van der Waals surface area contributed by atoms with E-state index in [0.29, 0.717) is 0 Å². The van der Waals surface area contributed by atoms with Crippen LogP contribution >= 0.6 is 0 Å². The van der Waals surface area contributed by atoms with Crippen molar-refractivity contribution in [3.63, 3.8) is 0 Å². The molecule has 2 heterocycles. The minimum atomic E-state index is -0.0324. The molecule has 0 aliphatic carbocycles. The quantitative estimate of drug-likeness (QED) is 0.726. The molecule has 1 aromatic heterocycles. The molecule has 0 aromatic carbocycles. The molecule has 1 aromatic rings. The number of nitrogens with zero attached hydrogens (tertiary/aromatic N) is 2. The highest BCUT2D eigenvalue weighted by Gasteiger charge is 2.25. The van der Waals surface area contributed by atoms with Gasteiger partial charge in [0.15, 0.2) is 0 Å². The van der Waals surface area contributed by atoms with Gasteiger partial charge >= 0.3 is 0 Å². The van der Waals surface area contributed by atoms with Gasteiger partial charge in [0.1, 0.15) is 0 Å². The number of nitrogens with two attached hydrogens (primary N) is 1. The summed E-state index contributed by atoms with van der Waals surface area (Å²) in [6.45, 7) is 0.843. The van der Waals surface area contributed by atoms with E-state index in [1.807, 2.05) is 17.8 Å². The normalized spacial score (nSPS) is 24.9. The van der Waals surface area contributed by atoms with Crippen LogP contribution < -0.4 is 5.73 Å². The number of aryl methyl sites for hydroxylation is 1. The first-order valence-electron chi connectivity index (χ1n) is 4.64. The molecular formula is C9H15N3O. The van der Waals surface area contributed by atoms with E-state index in [0.717, 1.165) is 25.1 Å². The molecule has 2 atom stereocenters. The van der Waals surface area contributed by atoms with Gasteiger partial charge in [-0.2, -0.15) is 5.10 Å². The number of hydrogen-bond acceptors (Lipinski definition) is 3. The maximum Gasteiger partial charge on any atom is 0.0783 e. The predicted octanol–water partition coefficient (Wildman–Crippen LogP) is 0.599. The molecule has 4 heteroatoms.